The summed E-state index contributed by atoms with van der Waals surface area (Å²) >= 11 is 0. The Hall–Kier alpha value is -0.0800. The molecular weight excluding hydrogens is 244 g/mol. The summed E-state index contributed by atoms with van der Waals surface area (Å²) in [5, 5.41) is 3.87. The van der Waals surface area contributed by atoms with Crippen LogP contribution in [0.2, 0.25) is 0 Å². The van der Waals surface area contributed by atoms with Gasteiger partial charge in [-0.2, -0.15) is 0 Å². The maximum atomic E-state index is 3.87. The van der Waals surface area contributed by atoms with Crippen molar-refractivity contribution in [1.29, 1.82) is 0 Å². The van der Waals surface area contributed by atoms with Crippen molar-refractivity contribution in [1.82, 2.24) is 10.2 Å². The molecule has 3 rings (SSSR count). The standard InChI is InChI=1S/C18H34N2/c1-5-18(6-2)13-20(17(3,4)12-19-18)11-16-10-14-7-8-15(16)9-14/h14-16,19H,5-13H2,1-4H3. The van der Waals surface area contributed by atoms with Crippen molar-refractivity contribution in [2.45, 2.75) is 77.3 Å². The van der Waals surface area contributed by atoms with Crippen LogP contribution < -0.4 is 5.32 Å². The van der Waals surface area contributed by atoms with E-state index in [0.29, 0.717) is 11.1 Å². The molecule has 1 aliphatic heterocycles. The van der Waals surface area contributed by atoms with Crippen molar-refractivity contribution >= 4 is 0 Å². The van der Waals surface area contributed by atoms with Crippen molar-refractivity contribution < 1.29 is 0 Å². The van der Waals surface area contributed by atoms with E-state index < -0.39 is 0 Å². The second kappa shape index (κ2) is 5.28. The lowest BCUT2D eigenvalue weighted by Crippen LogP contribution is -2.68. The van der Waals surface area contributed by atoms with Crippen molar-refractivity contribution in [3.8, 4) is 0 Å². The van der Waals surface area contributed by atoms with Gasteiger partial charge in [-0.25, -0.2) is 0 Å². The van der Waals surface area contributed by atoms with E-state index in [4.69, 9.17) is 0 Å². The van der Waals surface area contributed by atoms with Gasteiger partial charge in [-0.1, -0.05) is 20.3 Å². The van der Waals surface area contributed by atoms with Gasteiger partial charge in [-0.05, 0) is 63.7 Å². The molecule has 1 N–H and O–H groups in total. The Labute approximate surface area is 125 Å². The van der Waals surface area contributed by atoms with E-state index in [9.17, 15) is 0 Å². The predicted molar refractivity (Wildman–Crippen MR) is 85.9 cm³/mol. The summed E-state index contributed by atoms with van der Waals surface area (Å²) in [6.45, 7) is 13.3. The van der Waals surface area contributed by atoms with Crippen molar-refractivity contribution in [2.75, 3.05) is 19.6 Å². The van der Waals surface area contributed by atoms with E-state index in [1.165, 1.54) is 45.2 Å². The zero-order valence-corrected chi connectivity index (χ0v) is 14.0. The van der Waals surface area contributed by atoms with Crippen LogP contribution in [0, 0.1) is 17.8 Å². The Bertz CT molecular complexity index is 345. The van der Waals surface area contributed by atoms with Crippen LogP contribution in [0.1, 0.15) is 66.2 Å². The summed E-state index contributed by atoms with van der Waals surface area (Å²) in [5.74, 6) is 3.14. The van der Waals surface area contributed by atoms with Crippen LogP contribution in [-0.4, -0.2) is 35.6 Å². The van der Waals surface area contributed by atoms with Gasteiger partial charge in [0.2, 0.25) is 0 Å². The Kier molecular flexibility index (Phi) is 3.92. The van der Waals surface area contributed by atoms with E-state index in [-0.39, 0.29) is 0 Å². The number of rotatable bonds is 4. The third-order valence-corrected chi connectivity index (χ3v) is 6.94. The van der Waals surface area contributed by atoms with E-state index in [1.54, 1.807) is 6.42 Å². The van der Waals surface area contributed by atoms with Gasteiger partial charge in [-0.15, -0.1) is 0 Å². The molecule has 3 aliphatic rings. The maximum absolute atomic E-state index is 3.87. The number of piperazine rings is 1. The fourth-order valence-corrected chi connectivity index (χ4v) is 5.07. The van der Waals surface area contributed by atoms with Crippen molar-refractivity contribution in [3.05, 3.63) is 0 Å². The third-order valence-electron chi connectivity index (χ3n) is 6.94. The molecule has 2 bridgehead atoms. The molecule has 3 unspecified atom stereocenters. The number of hydrogen-bond acceptors (Lipinski definition) is 2. The molecule has 3 fully saturated rings. The number of hydrogen-bond donors (Lipinski definition) is 1. The van der Waals surface area contributed by atoms with Gasteiger partial charge in [0.1, 0.15) is 0 Å². The minimum Gasteiger partial charge on any atom is -0.308 e. The highest BCUT2D eigenvalue weighted by molar-refractivity contribution is 5.02. The van der Waals surface area contributed by atoms with E-state index in [0.717, 1.165) is 24.3 Å². The molecule has 2 aliphatic carbocycles. The highest BCUT2D eigenvalue weighted by Crippen LogP contribution is 2.49. The minimum absolute atomic E-state index is 0.329. The van der Waals surface area contributed by atoms with Gasteiger partial charge >= 0.3 is 0 Å². The van der Waals surface area contributed by atoms with Gasteiger partial charge in [0.25, 0.3) is 0 Å². The molecule has 0 aromatic carbocycles. The van der Waals surface area contributed by atoms with Gasteiger partial charge in [-0.3, -0.25) is 4.90 Å². The molecule has 1 heterocycles. The Morgan fingerprint density at radius 3 is 2.40 bits per heavy atom. The second-order valence-electron chi connectivity index (χ2n) is 8.47. The van der Waals surface area contributed by atoms with Crippen LogP contribution in [0.3, 0.4) is 0 Å². The summed E-state index contributed by atoms with van der Waals surface area (Å²) in [6.07, 6.45) is 8.63. The highest BCUT2D eigenvalue weighted by Gasteiger charge is 2.45. The molecule has 0 radical (unpaired) electrons. The average molecular weight is 278 g/mol. The summed E-state index contributed by atoms with van der Waals surface area (Å²) in [5.41, 5.74) is 0.697. The quantitative estimate of drug-likeness (QED) is 0.844. The van der Waals surface area contributed by atoms with Gasteiger partial charge in [0, 0.05) is 30.7 Å². The highest BCUT2D eigenvalue weighted by atomic mass is 15.3. The SMILES string of the molecule is CCC1(CC)CN(CC2CC3CCC2C3)C(C)(C)CN1. The molecule has 0 aromatic rings. The molecule has 3 atom stereocenters. The summed E-state index contributed by atoms with van der Waals surface area (Å²) in [6, 6.07) is 0. The zero-order valence-electron chi connectivity index (χ0n) is 14.0. The van der Waals surface area contributed by atoms with Crippen LogP contribution in [0.4, 0.5) is 0 Å². The minimum atomic E-state index is 0.329. The normalized spacial score (nSPS) is 39.3. The lowest BCUT2D eigenvalue weighted by atomic mass is 9.82. The molecule has 0 aromatic heterocycles. The van der Waals surface area contributed by atoms with E-state index in [1.807, 2.05) is 0 Å². The molecule has 1 saturated heterocycles. The Morgan fingerprint density at radius 1 is 1.10 bits per heavy atom. The summed E-state index contributed by atoms with van der Waals surface area (Å²) in [7, 11) is 0. The van der Waals surface area contributed by atoms with Crippen LogP contribution in [0.15, 0.2) is 0 Å². The molecule has 116 valence electrons. The lowest BCUT2D eigenvalue weighted by Gasteiger charge is -2.53. The third kappa shape index (κ3) is 2.54. The van der Waals surface area contributed by atoms with Crippen LogP contribution in [-0.2, 0) is 0 Å². The first-order chi connectivity index (χ1) is 9.48. The Balaban J connectivity index is 1.68. The molecule has 2 saturated carbocycles. The largest absolute Gasteiger partial charge is 0.308 e. The van der Waals surface area contributed by atoms with Gasteiger partial charge < -0.3 is 5.32 Å². The van der Waals surface area contributed by atoms with E-state index >= 15 is 0 Å². The topological polar surface area (TPSA) is 15.3 Å². The van der Waals surface area contributed by atoms with Crippen molar-refractivity contribution in [3.63, 3.8) is 0 Å². The summed E-state index contributed by atoms with van der Waals surface area (Å²) < 4.78 is 0. The number of fused-ring (bicyclic) bond motifs is 2. The van der Waals surface area contributed by atoms with Gasteiger partial charge in [0.05, 0.1) is 0 Å². The second-order valence-corrected chi connectivity index (χ2v) is 8.47. The fraction of sp³-hybridized carbons (Fsp3) is 1.00. The molecule has 0 spiro atoms. The first-order valence-electron chi connectivity index (χ1n) is 8.98. The zero-order chi connectivity index (χ0) is 14.4. The first-order valence-corrected chi connectivity index (χ1v) is 8.98. The number of nitrogens with one attached hydrogen (secondary N) is 1. The Morgan fingerprint density at radius 2 is 1.85 bits per heavy atom. The lowest BCUT2D eigenvalue weighted by molar-refractivity contribution is 0.00477. The van der Waals surface area contributed by atoms with Crippen LogP contribution >= 0.6 is 0 Å². The molecule has 20 heavy (non-hydrogen) atoms. The molecular formula is C18H34N2. The molecule has 0 amide bonds. The van der Waals surface area contributed by atoms with Crippen LogP contribution in [0.5, 0.6) is 0 Å². The average Bonchev–Trinajstić information content (AvgIpc) is 3.04. The number of nitrogens with zero attached hydrogens (tertiary/aromatic N) is 1. The summed E-state index contributed by atoms with van der Waals surface area (Å²) in [4.78, 5) is 2.84. The van der Waals surface area contributed by atoms with E-state index in [2.05, 4.69) is 37.9 Å². The maximum Gasteiger partial charge on any atom is 0.0304 e. The van der Waals surface area contributed by atoms with Crippen molar-refractivity contribution in [2.24, 2.45) is 17.8 Å². The van der Waals surface area contributed by atoms with Gasteiger partial charge in [0.15, 0.2) is 0 Å². The smallest absolute Gasteiger partial charge is 0.0304 e. The molecule has 2 heteroatoms. The monoisotopic (exact) mass is 278 g/mol. The predicted octanol–water partition coefficient (Wildman–Crippen LogP) is 3.67. The van der Waals surface area contributed by atoms with Crippen LogP contribution in [0.25, 0.3) is 0 Å². The fourth-order valence-electron chi connectivity index (χ4n) is 5.07. The molecule has 2 nitrogen and oxygen atoms in total. The first kappa shape index (κ1) is 14.8.